The van der Waals surface area contributed by atoms with Crippen molar-refractivity contribution in [3.63, 3.8) is 0 Å². The number of pyridine rings is 1. The monoisotopic (exact) mass is 340 g/mol. The van der Waals surface area contributed by atoms with Gasteiger partial charge in [-0.2, -0.15) is 0 Å². The maximum atomic E-state index is 6.09. The van der Waals surface area contributed by atoms with Gasteiger partial charge < -0.3 is 9.47 Å². The topological polar surface area (TPSA) is 34.6 Å². The van der Waals surface area contributed by atoms with Gasteiger partial charge in [-0.15, -0.1) is 0 Å². The van der Waals surface area contributed by atoms with Crippen LogP contribution in [0.5, 0.6) is 5.75 Å². The molecule has 0 atom stereocenters. The van der Waals surface area contributed by atoms with E-state index in [2.05, 4.69) is 46.3 Å². The number of fused-ring (bicyclic) bond motifs is 1. The first-order valence-corrected chi connectivity index (χ1v) is 9.24. The number of nitrogens with zero attached hydrogens (tertiary/aromatic N) is 2. The number of rotatable bonds is 2. The molecule has 0 spiro atoms. The largest absolute Gasteiger partial charge is 0.492 e. The molecule has 0 saturated carbocycles. The van der Waals surface area contributed by atoms with Crippen molar-refractivity contribution in [3.8, 4) is 5.75 Å². The smallest absolute Gasteiger partial charge is 0.122 e. The van der Waals surface area contributed by atoms with Gasteiger partial charge in [-0.1, -0.05) is 24.3 Å². The molecule has 3 rings (SSSR count). The second kappa shape index (κ2) is 9.54. The Morgan fingerprint density at radius 1 is 0.960 bits per heavy atom. The zero-order valence-electron chi connectivity index (χ0n) is 15.1. The minimum atomic E-state index is 0.683. The average Bonchev–Trinajstić information content (AvgIpc) is 2.63. The van der Waals surface area contributed by atoms with E-state index in [9.17, 15) is 0 Å². The van der Waals surface area contributed by atoms with E-state index in [0.29, 0.717) is 6.61 Å². The number of para-hydroxylation sites is 1. The molecule has 134 valence electrons. The highest BCUT2D eigenvalue weighted by molar-refractivity contribution is 5.33. The van der Waals surface area contributed by atoms with Crippen molar-refractivity contribution < 1.29 is 9.47 Å². The Bertz CT molecular complexity index is 660. The maximum Gasteiger partial charge on any atom is 0.122 e. The number of ether oxygens (including phenoxy) is 2. The molecule has 2 heterocycles. The third kappa shape index (κ3) is 5.83. The third-order valence-electron chi connectivity index (χ3n) is 4.51. The molecule has 25 heavy (non-hydrogen) atoms. The molecule has 1 aromatic carbocycles. The van der Waals surface area contributed by atoms with Gasteiger partial charge in [0.15, 0.2) is 0 Å². The Labute approximate surface area is 150 Å². The van der Waals surface area contributed by atoms with E-state index in [1.807, 2.05) is 13.0 Å². The van der Waals surface area contributed by atoms with Gasteiger partial charge in [0.25, 0.3) is 0 Å². The fraction of sp³-hybridized carbons (Fsp3) is 0.476. The number of aromatic nitrogens is 1. The van der Waals surface area contributed by atoms with Crippen LogP contribution in [0.15, 0.2) is 42.5 Å². The second-order valence-electron chi connectivity index (χ2n) is 6.57. The summed E-state index contributed by atoms with van der Waals surface area (Å²) in [5, 5.41) is 0. The lowest BCUT2D eigenvalue weighted by Gasteiger charge is -2.22. The fourth-order valence-electron chi connectivity index (χ4n) is 3.14. The van der Waals surface area contributed by atoms with Crippen molar-refractivity contribution in [1.29, 1.82) is 0 Å². The molecular formula is C21H28N2O2. The van der Waals surface area contributed by atoms with Crippen molar-refractivity contribution in [2.45, 2.75) is 32.7 Å². The Hall–Kier alpha value is -1.91. The highest BCUT2D eigenvalue weighted by Crippen LogP contribution is 2.20. The first-order valence-electron chi connectivity index (χ1n) is 9.24. The lowest BCUT2D eigenvalue weighted by molar-refractivity contribution is 0.0929. The summed E-state index contributed by atoms with van der Waals surface area (Å²) in [6.45, 7) is 6.91. The Balaban J connectivity index is 1.65. The maximum absolute atomic E-state index is 6.09. The fourth-order valence-corrected chi connectivity index (χ4v) is 3.14. The van der Waals surface area contributed by atoms with Crippen molar-refractivity contribution >= 4 is 0 Å². The molecule has 0 bridgehead atoms. The van der Waals surface area contributed by atoms with Crippen molar-refractivity contribution in [2.24, 2.45) is 0 Å². The van der Waals surface area contributed by atoms with Crippen LogP contribution in [0.1, 0.15) is 29.8 Å². The number of hydrogen-bond acceptors (Lipinski definition) is 4. The van der Waals surface area contributed by atoms with Gasteiger partial charge in [0, 0.05) is 31.9 Å². The molecule has 1 aliphatic rings. The van der Waals surface area contributed by atoms with E-state index < -0.39 is 0 Å². The second-order valence-corrected chi connectivity index (χ2v) is 6.57. The van der Waals surface area contributed by atoms with Gasteiger partial charge in [-0.3, -0.25) is 9.88 Å². The van der Waals surface area contributed by atoms with E-state index >= 15 is 0 Å². The minimum Gasteiger partial charge on any atom is -0.492 e. The van der Waals surface area contributed by atoms with Crippen molar-refractivity contribution in [1.82, 2.24) is 9.88 Å². The lowest BCUT2D eigenvalue weighted by Crippen LogP contribution is -2.31. The van der Waals surface area contributed by atoms with Gasteiger partial charge in [0.05, 0.1) is 12.3 Å². The van der Waals surface area contributed by atoms with Crippen LogP contribution in [-0.4, -0.2) is 42.8 Å². The van der Waals surface area contributed by atoms with Crippen LogP contribution in [0.2, 0.25) is 0 Å². The number of benzene rings is 1. The van der Waals surface area contributed by atoms with E-state index in [0.717, 1.165) is 69.2 Å². The first-order chi connectivity index (χ1) is 12.3. The highest BCUT2D eigenvalue weighted by atomic mass is 16.5. The molecule has 0 saturated heterocycles. The van der Waals surface area contributed by atoms with Crippen LogP contribution < -0.4 is 4.74 Å². The van der Waals surface area contributed by atoms with E-state index in [1.54, 1.807) is 0 Å². The summed E-state index contributed by atoms with van der Waals surface area (Å²) in [5.41, 5.74) is 3.46. The van der Waals surface area contributed by atoms with Crippen LogP contribution in [0, 0.1) is 6.92 Å². The van der Waals surface area contributed by atoms with Crippen LogP contribution in [0.4, 0.5) is 0 Å². The molecule has 0 N–H and O–H groups in total. The zero-order valence-corrected chi connectivity index (χ0v) is 15.1. The Morgan fingerprint density at radius 3 is 2.76 bits per heavy atom. The summed E-state index contributed by atoms with van der Waals surface area (Å²) in [5.74, 6) is 1.02. The molecule has 0 radical (unpaired) electrons. The van der Waals surface area contributed by atoms with Crippen LogP contribution in [-0.2, 0) is 17.7 Å². The molecule has 1 aromatic heterocycles. The normalized spacial score (nSPS) is 17.5. The summed E-state index contributed by atoms with van der Waals surface area (Å²) in [4.78, 5) is 6.99. The van der Waals surface area contributed by atoms with Crippen molar-refractivity contribution in [3.05, 3.63) is 59.4 Å². The van der Waals surface area contributed by atoms with Gasteiger partial charge in [-0.05, 0) is 49.9 Å². The molecule has 4 heteroatoms. The summed E-state index contributed by atoms with van der Waals surface area (Å²) in [6, 6.07) is 14.6. The van der Waals surface area contributed by atoms with Gasteiger partial charge in [0.1, 0.15) is 12.4 Å². The third-order valence-corrected chi connectivity index (χ3v) is 4.51. The first kappa shape index (κ1) is 17.9. The number of hydrogen-bond donors (Lipinski definition) is 0. The SMILES string of the molecule is Cc1cccc(CN2CCOCCCCc3ccccc3OCC2)n1. The Kier molecular flexibility index (Phi) is 6.83. The molecular weight excluding hydrogens is 312 g/mol. The molecule has 0 fully saturated rings. The molecule has 0 aliphatic carbocycles. The molecule has 4 nitrogen and oxygen atoms in total. The van der Waals surface area contributed by atoms with Crippen LogP contribution in [0.25, 0.3) is 0 Å². The van der Waals surface area contributed by atoms with E-state index in [4.69, 9.17) is 9.47 Å². The minimum absolute atomic E-state index is 0.683. The predicted molar refractivity (Wildman–Crippen MR) is 99.9 cm³/mol. The summed E-state index contributed by atoms with van der Waals surface area (Å²) < 4.78 is 11.9. The molecule has 1 aliphatic heterocycles. The van der Waals surface area contributed by atoms with E-state index in [1.165, 1.54) is 5.56 Å². The summed E-state index contributed by atoms with van der Waals surface area (Å²) in [7, 11) is 0. The van der Waals surface area contributed by atoms with Gasteiger partial charge >= 0.3 is 0 Å². The van der Waals surface area contributed by atoms with E-state index in [-0.39, 0.29) is 0 Å². The Morgan fingerprint density at radius 2 is 1.84 bits per heavy atom. The summed E-state index contributed by atoms with van der Waals surface area (Å²) in [6.07, 6.45) is 3.28. The zero-order chi connectivity index (χ0) is 17.3. The average molecular weight is 340 g/mol. The van der Waals surface area contributed by atoms with Crippen molar-refractivity contribution in [2.75, 3.05) is 32.9 Å². The molecule has 0 amide bonds. The number of aryl methyl sites for hydroxylation is 2. The van der Waals surface area contributed by atoms with Gasteiger partial charge in [0.2, 0.25) is 0 Å². The quantitative estimate of drug-likeness (QED) is 0.836. The van der Waals surface area contributed by atoms with Crippen LogP contribution >= 0.6 is 0 Å². The lowest BCUT2D eigenvalue weighted by atomic mass is 10.1. The van der Waals surface area contributed by atoms with Gasteiger partial charge in [-0.25, -0.2) is 0 Å². The molecule has 0 unspecified atom stereocenters. The van der Waals surface area contributed by atoms with Crippen LogP contribution in [0.3, 0.4) is 0 Å². The summed E-state index contributed by atoms with van der Waals surface area (Å²) >= 11 is 0. The predicted octanol–water partition coefficient (Wildman–Crippen LogP) is 3.62. The standard InChI is InChI=1S/C21H28N2O2/c1-18-7-6-10-20(22-18)17-23-12-15-24-14-5-4-9-19-8-2-3-11-21(19)25-16-13-23/h2-3,6-8,10-11H,4-5,9,12-17H2,1H3. The highest BCUT2D eigenvalue weighted by Gasteiger charge is 2.10. The molecule has 2 aromatic rings.